The van der Waals surface area contributed by atoms with Gasteiger partial charge in [-0.1, -0.05) is 18.2 Å². The van der Waals surface area contributed by atoms with Crippen molar-refractivity contribution in [2.45, 2.75) is 12.5 Å². The van der Waals surface area contributed by atoms with Crippen molar-refractivity contribution in [3.63, 3.8) is 0 Å². The molecule has 106 valence electrons. The van der Waals surface area contributed by atoms with E-state index in [1.54, 1.807) is 7.05 Å². The van der Waals surface area contributed by atoms with Gasteiger partial charge in [-0.25, -0.2) is 0 Å². The van der Waals surface area contributed by atoms with E-state index < -0.39 is 0 Å². The number of para-hydroxylation sites is 1. The van der Waals surface area contributed by atoms with Gasteiger partial charge < -0.3 is 9.80 Å². The molecule has 5 heteroatoms. The summed E-state index contributed by atoms with van der Waals surface area (Å²) in [5.41, 5.74) is 1.23. The molecule has 5 nitrogen and oxygen atoms in total. The molecule has 2 aliphatic heterocycles. The molecule has 20 heavy (non-hydrogen) atoms. The van der Waals surface area contributed by atoms with Gasteiger partial charge in [-0.05, 0) is 12.1 Å². The molecule has 0 radical (unpaired) electrons. The van der Waals surface area contributed by atoms with E-state index in [1.165, 1.54) is 15.5 Å². The molecule has 2 heterocycles. The van der Waals surface area contributed by atoms with E-state index in [0.29, 0.717) is 6.42 Å². The molecule has 0 aliphatic carbocycles. The monoisotopic (exact) mass is 274 g/mol. The molecule has 2 aliphatic rings. The average molecular weight is 274 g/mol. The molecule has 1 atom stereocenters. The second kappa shape index (κ2) is 5.25. The number of benzene rings is 1. The third-order valence-corrected chi connectivity index (χ3v) is 4.40. The lowest BCUT2D eigenvalue weighted by molar-refractivity contribution is -0.915. The fraction of sp³-hybridized carbons (Fsp3) is 0.467. The van der Waals surface area contributed by atoms with Crippen molar-refractivity contribution in [3.05, 3.63) is 30.3 Å². The fourth-order valence-corrected chi connectivity index (χ4v) is 3.11. The predicted octanol–water partition coefficient (Wildman–Crippen LogP) is -0.851. The number of anilines is 1. The second-order valence-electron chi connectivity index (χ2n) is 5.53. The van der Waals surface area contributed by atoms with Gasteiger partial charge in [0, 0.05) is 12.7 Å². The van der Waals surface area contributed by atoms with E-state index in [0.717, 1.165) is 26.2 Å². The first-order valence-corrected chi connectivity index (χ1v) is 7.12. The van der Waals surface area contributed by atoms with Crippen LogP contribution >= 0.6 is 0 Å². The minimum atomic E-state index is -0.162. The molecule has 3 rings (SSSR count). The van der Waals surface area contributed by atoms with Crippen LogP contribution < -0.4 is 9.80 Å². The second-order valence-corrected chi connectivity index (χ2v) is 5.53. The van der Waals surface area contributed by atoms with Gasteiger partial charge in [-0.15, -0.1) is 0 Å². The Morgan fingerprint density at radius 1 is 1.10 bits per heavy atom. The molecule has 2 fully saturated rings. The summed E-state index contributed by atoms with van der Waals surface area (Å²) in [6.45, 7) is 3.68. The molecule has 1 aromatic carbocycles. The molecule has 0 unspecified atom stereocenters. The molecule has 0 aromatic heterocycles. The Hall–Kier alpha value is -1.88. The fourth-order valence-electron chi connectivity index (χ4n) is 3.11. The summed E-state index contributed by atoms with van der Waals surface area (Å²) < 4.78 is 0. The quantitative estimate of drug-likeness (QED) is 0.715. The van der Waals surface area contributed by atoms with Crippen LogP contribution in [0.5, 0.6) is 0 Å². The topological polar surface area (TPSA) is 45.1 Å². The number of hydrogen-bond acceptors (Lipinski definition) is 3. The number of imide groups is 1. The summed E-state index contributed by atoms with van der Waals surface area (Å²) in [4.78, 5) is 28.5. The first kappa shape index (κ1) is 13.1. The molecule has 2 amide bonds. The van der Waals surface area contributed by atoms with Gasteiger partial charge in [-0.3, -0.25) is 14.5 Å². The standard InChI is InChI=1S/C15H19N3O2/c1-16-14(19)11-13(15(16)20)18-9-7-17(8-10-18)12-5-3-2-4-6-12/h2-6,13H,7-11H2,1H3/p+1/t13-/m0/s1. The maximum Gasteiger partial charge on any atom is 0.287 e. The molecule has 1 aromatic rings. The number of likely N-dealkylation sites (N-methyl/N-ethyl adjacent to an activating group) is 1. The van der Waals surface area contributed by atoms with Crippen LogP contribution in [0, 0.1) is 0 Å². The van der Waals surface area contributed by atoms with Gasteiger partial charge in [0.15, 0.2) is 6.04 Å². The Balaban J connectivity index is 1.62. The van der Waals surface area contributed by atoms with Crippen LogP contribution in [0.15, 0.2) is 30.3 Å². The Bertz CT molecular complexity index is 509. The Morgan fingerprint density at radius 2 is 1.75 bits per heavy atom. The number of amides is 2. The minimum Gasteiger partial charge on any atom is -0.360 e. The molecule has 0 saturated carbocycles. The summed E-state index contributed by atoms with van der Waals surface area (Å²) in [5, 5.41) is 0. The minimum absolute atomic E-state index is 0.0156. The van der Waals surface area contributed by atoms with Crippen molar-refractivity contribution in [1.29, 1.82) is 0 Å². The Kier molecular flexibility index (Phi) is 3.44. The van der Waals surface area contributed by atoms with Crippen LogP contribution in [-0.2, 0) is 9.59 Å². The van der Waals surface area contributed by atoms with Crippen molar-refractivity contribution in [2.75, 3.05) is 38.1 Å². The van der Waals surface area contributed by atoms with Gasteiger partial charge in [-0.2, -0.15) is 0 Å². The molecule has 0 bridgehead atoms. The number of nitrogens with one attached hydrogen (secondary N) is 1. The number of quaternary nitrogens is 1. The first-order valence-electron chi connectivity index (χ1n) is 7.12. The SMILES string of the molecule is CN1C(=O)C[C@H]([NH+]2CCN(c3ccccc3)CC2)C1=O. The first-order chi connectivity index (χ1) is 9.66. The van der Waals surface area contributed by atoms with Crippen molar-refractivity contribution >= 4 is 17.5 Å². The zero-order valence-corrected chi connectivity index (χ0v) is 11.7. The van der Waals surface area contributed by atoms with Crippen molar-refractivity contribution < 1.29 is 14.5 Å². The number of hydrogen-bond donors (Lipinski definition) is 1. The summed E-state index contributed by atoms with van der Waals surface area (Å²) in [6, 6.07) is 10.2. The summed E-state index contributed by atoms with van der Waals surface area (Å²) >= 11 is 0. The van der Waals surface area contributed by atoms with Crippen LogP contribution in [0.4, 0.5) is 5.69 Å². The largest absolute Gasteiger partial charge is 0.360 e. The summed E-state index contributed by atoms with van der Waals surface area (Å²) in [7, 11) is 1.59. The molecule has 2 saturated heterocycles. The lowest BCUT2D eigenvalue weighted by Gasteiger charge is -2.35. The number of rotatable bonds is 2. The highest BCUT2D eigenvalue weighted by Gasteiger charge is 2.43. The van der Waals surface area contributed by atoms with Gasteiger partial charge in [0.05, 0.1) is 32.6 Å². The van der Waals surface area contributed by atoms with Gasteiger partial charge in [0.25, 0.3) is 5.91 Å². The van der Waals surface area contributed by atoms with Gasteiger partial charge in [0.1, 0.15) is 0 Å². The molecule has 1 N–H and O–H groups in total. The van der Waals surface area contributed by atoms with Crippen molar-refractivity contribution in [3.8, 4) is 0 Å². The lowest BCUT2D eigenvalue weighted by atomic mass is 10.1. The van der Waals surface area contributed by atoms with E-state index in [-0.39, 0.29) is 17.9 Å². The van der Waals surface area contributed by atoms with Crippen molar-refractivity contribution in [1.82, 2.24) is 4.90 Å². The maximum absolute atomic E-state index is 12.0. The smallest absolute Gasteiger partial charge is 0.287 e. The van der Waals surface area contributed by atoms with E-state index in [1.807, 2.05) is 18.2 Å². The number of piperazine rings is 1. The van der Waals surface area contributed by atoms with E-state index in [9.17, 15) is 9.59 Å². The lowest BCUT2D eigenvalue weighted by Crippen LogP contribution is -3.19. The molecule has 0 spiro atoms. The highest BCUT2D eigenvalue weighted by atomic mass is 16.2. The van der Waals surface area contributed by atoms with Crippen molar-refractivity contribution in [2.24, 2.45) is 0 Å². The number of likely N-dealkylation sites (tertiary alicyclic amines) is 1. The molecular formula is C15H20N3O2+. The maximum atomic E-state index is 12.0. The van der Waals surface area contributed by atoms with E-state index >= 15 is 0 Å². The Labute approximate surface area is 118 Å². The highest BCUT2D eigenvalue weighted by molar-refractivity contribution is 6.04. The average Bonchev–Trinajstić information content (AvgIpc) is 2.76. The highest BCUT2D eigenvalue weighted by Crippen LogP contribution is 2.13. The third kappa shape index (κ3) is 2.29. The number of nitrogens with zero attached hydrogens (tertiary/aromatic N) is 2. The van der Waals surface area contributed by atoms with Crippen LogP contribution in [0.25, 0.3) is 0 Å². The zero-order chi connectivity index (χ0) is 14.1. The normalized spacial score (nSPS) is 24.6. The molecular weight excluding hydrogens is 254 g/mol. The Morgan fingerprint density at radius 3 is 2.30 bits per heavy atom. The van der Waals surface area contributed by atoms with E-state index in [2.05, 4.69) is 17.0 Å². The zero-order valence-electron chi connectivity index (χ0n) is 11.7. The van der Waals surface area contributed by atoms with Crippen LogP contribution in [0.1, 0.15) is 6.42 Å². The summed E-state index contributed by atoms with van der Waals surface area (Å²) in [6.07, 6.45) is 0.371. The third-order valence-electron chi connectivity index (χ3n) is 4.40. The number of carbonyl (C=O) groups excluding carboxylic acids is 2. The number of carbonyl (C=O) groups is 2. The van der Waals surface area contributed by atoms with Gasteiger partial charge in [0.2, 0.25) is 5.91 Å². The summed E-state index contributed by atoms with van der Waals surface area (Å²) in [5.74, 6) is -0.0591. The van der Waals surface area contributed by atoms with Gasteiger partial charge >= 0.3 is 0 Å². The van der Waals surface area contributed by atoms with Crippen LogP contribution in [-0.4, -0.2) is 56.0 Å². The predicted molar refractivity (Wildman–Crippen MR) is 75.5 cm³/mol. The van der Waals surface area contributed by atoms with Crippen LogP contribution in [0.3, 0.4) is 0 Å². The van der Waals surface area contributed by atoms with Crippen LogP contribution in [0.2, 0.25) is 0 Å². The van der Waals surface area contributed by atoms with E-state index in [4.69, 9.17) is 0 Å².